The van der Waals surface area contributed by atoms with E-state index >= 15 is 0 Å². The number of benzene rings is 2. The molecule has 2 aromatic rings. The molecule has 0 fully saturated rings. The number of hydrogen-bond donors (Lipinski definition) is 0. The molecule has 6 heteroatoms. The van der Waals surface area contributed by atoms with Gasteiger partial charge >= 0.3 is 6.18 Å². The highest BCUT2D eigenvalue weighted by atomic mass is 35.5. The Hall–Kier alpha value is -1.52. The van der Waals surface area contributed by atoms with Gasteiger partial charge in [-0.2, -0.15) is 13.2 Å². The van der Waals surface area contributed by atoms with Gasteiger partial charge in [0, 0.05) is 12.8 Å². The molecule has 0 aliphatic carbocycles. The molecule has 0 aromatic heterocycles. The first kappa shape index (κ1) is 16.8. The Kier molecular flexibility index (Phi) is 5.14. The second-order valence-electron chi connectivity index (χ2n) is 4.84. The average molecular weight is 347 g/mol. The Morgan fingerprint density at radius 3 is 1.95 bits per heavy atom. The summed E-state index contributed by atoms with van der Waals surface area (Å²) in [6.45, 7) is 0. The van der Waals surface area contributed by atoms with Gasteiger partial charge in [-0.3, -0.25) is 4.79 Å². The number of ketones is 1. The number of halogens is 5. The summed E-state index contributed by atoms with van der Waals surface area (Å²) in [7, 11) is 0. The number of alkyl halides is 3. The summed E-state index contributed by atoms with van der Waals surface area (Å²) in [5, 5.41) is 0.766. The Morgan fingerprint density at radius 2 is 1.41 bits per heavy atom. The molecule has 0 aliphatic rings. The summed E-state index contributed by atoms with van der Waals surface area (Å²) in [5.74, 6) is -0.113. The maximum Gasteiger partial charge on any atom is 0.416 e. The van der Waals surface area contributed by atoms with Gasteiger partial charge in [-0.05, 0) is 35.4 Å². The normalized spacial score (nSPS) is 11.5. The van der Waals surface area contributed by atoms with Gasteiger partial charge < -0.3 is 0 Å². The Balaban J connectivity index is 2.01. The standard InChI is InChI=1S/C16H11Cl2F3O/c17-14-6-3-11(9-15(14)18)8-13(22)7-10-1-4-12(5-2-10)16(19,20)21/h1-6,9H,7-8H2. The van der Waals surface area contributed by atoms with Crippen LogP contribution in [0.2, 0.25) is 10.0 Å². The molecule has 0 aliphatic heterocycles. The van der Waals surface area contributed by atoms with Crippen LogP contribution >= 0.6 is 23.2 Å². The molecule has 0 N–H and O–H groups in total. The van der Waals surface area contributed by atoms with Crippen molar-refractivity contribution < 1.29 is 18.0 Å². The van der Waals surface area contributed by atoms with Crippen molar-refractivity contribution in [2.24, 2.45) is 0 Å². The SMILES string of the molecule is O=C(Cc1ccc(C(F)(F)F)cc1)Cc1ccc(Cl)c(Cl)c1. The van der Waals surface area contributed by atoms with E-state index in [1.807, 2.05) is 0 Å². The first-order valence-corrected chi connectivity index (χ1v) is 7.13. The van der Waals surface area contributed by atoms with E-state index in [-0.39, 0.29) is 18.6 Å². The molecular weight excluding hydrogens is 336 g/mol. The van der Waals surface area contributed by atoms with Crippen LogP contribution in [0.4, 0.5) is 13.2 Å². The largest absolute Gasteiger partial charge is 0.416 e. The lowest BCUT2D eigenvalue weighted by molar-refractivity contribution is -0.137. The minimum Gasteiger partial charge on any atom is -0.299 e. The van der Waals surface area contributed by atoms with E-state index in [0.29, 0.717) is 21.2 Å². The van der Waals surface area contributed by atoms with Crippen LogP contribution in [0.1, 0.15) is 16.7 Å². The number of rotatable bonds is 4. The monoisotopic (exact) mass is 346 g/mol. The lowest BCUT2D eigenvalue weighted by Crippen LogP contribution is -2.08. The fourth-order valence-corrected chi connectivity index (χ4v) is 2.30. The highest BCUT2D eigenvalue weighted by molar-refractivity contribution is 6.42. The maximum atomic E-state index is 12.4. The number of carbonyl (C=O) groups is 1. The van der Waals surface area contributed by atoms with E-state index < -0.39 is 11.7 Å². The van der Waals surface area contributed by atoms with Crippen molar-refractivity contribution in [2.75, 3.05) is 0 Å². The van der Waals surface area contributed by atoms with Gasteiger partial charge in [0.15, 0.2) is 0 Å². The lowest BCUT2D eigenvalue weighted by atomic mass is 10.0. The molecule has 2 rings (SSSR count). The molecule has 0 saturated heterocycles. The van der Waals surface area contributed by atoms with Crippen molar-refractivity contribution in [1.82, 2.24) is 0 Å². The third-order valence-electron chi connectivity index (χ3n) is 3.07. The van der Waals surface area contributed by atoms with Crippen LogP contribution in [0, 0.1) is 0 Å². The third kappa shape index (κ3) is 4.49. The van der Waals surface area contributed by atoms with Gasteiger partial charge in [-0.25, -0.2) is 0 Å². The Labute approximate surface area is 135 Å². The summed E-state index contributed by atoms with van der Waals surface area (Å²) >= 11 is 11.7. The molecule has 0 heterocycles. The summed E-state index contributed by atoms with van der Waals surface area (Å²) in [6.07, 6.45) is -4.15. The summed E-state index contributed by atoms with van der Waals surface area (Å²) in [5.41, 5.74) is 0.526. The maximum absolute atomic E-state index is 12.4. The molecular formula is C16H11Cl2F3O. The molecule has 0 spiro atoms. The third-order valence-corrected chi connectivity index (χ3v) is 3.81. The van der Waals surface area contributed by atoms with Crippen LogP contribution in [-0.4, -0.2) is 5.78 Å². The average Bonchev–Trinajstić information content (AvgIpc) is 2.42. The highest BCUT2D eigenvalue weighted by Crippen LogP contribution is 2.29. The summed E-state index contributed by atoms with van der Waals surface area (Å²) in [6, 6.07) is 9.48. The fourth-order valence-electron chi connectivity index (χ4n) is 1.98. The molecule has 0 bridgehead atoms. The molecule has 0 amide bonds. The predicted octanol–water partition coefficient (Wildman–Crippen LogP) is 5.37. The zero-order valence-electron chi connectivity index (χ0n) is 11.3. The predicted molar refractivity (Wildman–Crippen MR) is 80.3 cm³/mol. The van der Waals surface area contributed by atoms with Crippen molar-refractivity contribution in [2.45, 2.75) is 19.0 Å². The van der Waals surface area contributed by atoms with Crippen LogP contribution in [0.25, 0.3) is 0 Å². The molecule has 0 radical (unpaired) electrons. The second kappa shape index (κ2) is 6.71. The van der Waals surface area contributed by atoms with E-state index in [2.05, 4.69) is 0 Å². The number of carbonyl (C=O) groups excluding carboxylic acids is 1. The fraction of sp³-hybridized carbons (Fsp3) is 0.188. The minimum atomic E-state index is -4.37. The lowest BCUT2D eigenvalue weighted by Gasteiger charge is -2.07. The van der Waals surface area contributed by atoms with Crippen molar-refractivity contribution in [1.29, 1.82) is 0 Å². The Bertz CT molecular complexity index is 679. The minimum absolute atomic E-state index is 0.0678. The van der Waals surface area contributed by atoms with E-state index in [1.54, 1.807) is 18.2 Å². The first-order chi connectivity index (χ1) is 10.3. The van der Waals surface area contributed by atoms with Crippen molar-refractivity contribution in [3.05, 3.63) is 69.2 Å². The molecule has 0 saturated carbocycles. The quantitative estimate of drug-likeness (QED) is 0.727. The van der Waals surface area contributed by atoms with E-state index in [9.17, 15) is 18.0 Å². The van der Waals surface area contributed by atoms with Crippen LogP contribution in [0.15, 0.2) is 42.5 Å². The van der Waals surface area contributed by atoms with Crippen molar-refractivity contribution in [3.8, 4) is 0 Å². The summed E-state index contributed by atoms with van der Waals surface area (Å²) < 4.78 is 37.3. The second-order valence-corrected chi connectivity index (χ2v) is 5.65. The van der Waals surface area contributed by atoms with E-state index in [1.165, 1.54) is 12.1 Å². The van der Waals surface area contributed by atoms with E-state index in [0.717, 1.165) is 12.1 Å². The van der Waals surface area contributed by atoms with E-state index in [4.69, 9.17) is 23.2 Å². The van der Waals surface area contributed by atoms with Crippen LogP contribution in [0.3, 0.4) is 0 Å². The van der Waals surface area contributed by atoms with Crippen LogP contribution < -0.4 is 0 Å². The van der Waals surface area contributed by atoms with Crippen LogP contribution in [-0.2, 0) is 23.8 Å². The van der Waals surface area contributed by atoms with Gasteiger partial charge in [-0.1, -0.05) is 41.4 Å². The molecule has 0 unspecified atom stereocenters. The number of Topliss-reactive ketones (excluding diaryl/α,β-unsaturated/α-hetero) is 1. The molecule has 116 valence electrons. The molecule has 0 atom stereocenters. The summed E-state index contributed by atoms with van der Waals surface area (Å²) in [4.78, 5) is 12.0. The van der Waals surface area contributed by atoms with Gasteiger partial charge in [0.1, 0.15) is 5.78 Å². The smallest absolute Gasteiger partial charge is 0.299 e. The van der Waals surface area contributed by atoms with Crippen molar-refractivity contribution >= 4 is 29.0 Å². The molecule has 1 nitrogen and oxygen atoms in total. The molecule has 2 aromatic carbocycles. The van der Waals surface area contributed by atoms with Gasteiger partial charge in [0.25, 0.3) is 0 Å². The topological polar surface area (TPSA) is 17.1 Å². The van der Waals surface area contributed by atoms with Gasteiger partial charge in [0.2, 0.25) is 0 Å². The van der Waals surface area contributed by atoms with Crippen LogP contribution in [0.5, 0.6) is 0 Å². The zero-order valence-corrected chi connectivity index (χ0v) is 12.8. The first-order valence-electron chi connectivity index (χ1n) is 6.37. The molecule has 22 heavy (non-hydrogen) atoms. The number of hydrogen-bond acceptors (Lipinski definition) is 1. The highest BCUT2D eigenvalue weighted by Gasteiger charge is 2.29. The van der Waals surface area contributed by atoms with Gasteiger partial charge in [0.05, 0.1) is 15.6 Å². The zero-order chi connectivity index (χ0) is 16.3. The van der Waals surface area contributed by atoms with Crippen molar-refractivity contribution in [3.63, 3.8) is 0 Å². The Morgan fingerprint density at radius 1 is 0.864 bits per heavy atom. The van der Waals surface area contributed by atoms with Gasteiger partial charge in [-0.15, -0.1) is 0 Å².